The molecule has 0 radical (unpaired) electrons. The number of alkyl halides is 3. The van der Waals surface area contributed by atoms with Crippen molar-refractivity contribution in [1.82, 2.24) is 24.6 Å². The minimum atomic E-state index is -4.41. The molecule has 1 fully saturated rings. The van der Waals surface area contributed by atoms with Gasteiger partial charge in [-0.1, -0.05) is 35.6 Å². The summed E-state index contributed by atoms with van der Waals surface area (Å²) >= 11 is 1.66. The smallest absolute Gasteiger partial charge is 0.390 e. The Morgan fingerprint density at radius 2 is 1.81 bits per heavy atom. The molecule has 222 valence electrons. The topological polar surface area (TPSA) is 86.5 Å². The van der Waals surface area contributed by atoms with Gasteiger partial charge in [0.1, 0.15) is 6.29 Å². The molecule has 42 heavy (non-hydrogen) atoms. The largest absolute Gasteiger partial charge is 0.416 e. The number of nitrogens with one attached hydrogen (secondary N) is 1. The molecule has 0 amide bonds. The van der Waals surface area contributed by atoms with Crippen LogP contribution in [0.25, 0.3) is 21.5 Å². The number of likely N-dealkylation sites (tertiary alicyclic amines) is 1. The second kappa shape index (κ2) is 12.1. The number of piperidine rings is 1. The molecule has 0 bridgehead atoms. The average Bonchev–Trinajstić information content (AvgIpc) is 3.54. The molecule has 0 spiro atoms. The highest BCUT2D eigenvalue weighted by Crippen LogP contribution is 2.34. The first-order valence-corrected chi connectivity index (χ1v) is 15.0. The third kappa shape index (κ3) is 6.36. The molecular formula is C30H33F3N6O2S. The quantitative estimate of drug-likeness (QED) is 0.271. The molecule has 1 saturated heterocycles. The van der Waals surface area contributed by atoms with Crippen LogP contribution in [-0.4, -0.2) is 80.8 Å². The minimum absolute atomic E-state index is 0.281. The van der Waals surface area contributed by atoms with Gasteiger partial charge in [-0.15, -0.1) is 0 Å². The zero-order valence-electron chi connectivity index (χ0n) is 23.1. The number of fused-ring (bicyclic) bond motifs is 2. The lowest BCUT2D eigenvalue weighted by atomic mass is 10.00. The van der Waals surface area contributed by atoms with Gasteiger partial charge < -0.3 is 20.1 Å². The molecule has 6 rings (SSSR count). The molecule has 0 aliphatic carbocycles. The number of β-amino-alcohol motifs (C(OH)–C–C–N with tert-alkyl or cyclic N) is 1. The lowest BCUT2D eigenvalue weighted by Gasteiger charge is -2.33. The number of hydrogen-bond donors (Lipinski definition) is 2. The number of carbonyl (C=O) groups is 1. The fourth-order valence-corrected chi connectivity index (χ4v) is 6.87. The van der Waals surface area contributed by atoms with Gasteiger partial charge in [0.25, 0.3) is 0 Å². The first-order chi connectivity index (χ1) is 20.3. The van der Waals surface area contributed by atoms with Gasteiger partial charge in [0.2, 0.25) is 0 Å². The van der Waals surface area contributed by atoms with Crippen LogP contribution in [0.3, 0.4) is 0 Å². The second-order valence-corrected chi connectivity index (χ2v) is 12.1. The molecule has 2 N–H and O–H groups in total. The van der Waals surface area contributed by atoms with Gasteiger partial charge in [-0.05, 0) is 37.1 Å². The van der Waals surface area contributed by atoms with Crippen molar-refractivity contribution < 1.29 is 23.1 Å². The fraction of sp³-hybridized carbons (Fsp3) is 0.433. The normalized spacial score (nSPS) is 17.8. The molecule has 12 heteroatoms. The summed E-state index contributed by atoms with van der Waals surface area (Å²) in [4.78, 5) is 20.1. The number of hydrogen-bond acceptors (Lipinski definition) is 8. The lowest BCUT2D eigenvalue weighted by molar-refractivity contribution is -0.137. The van der Waals surface area contributed by atoms with Gasteiger partial charge in [-0.25, -0.2) is 4.98 Å². The Balaban J connectivity index is 1.10. The van der Waals surface area contributed by atoms with Gasteiger partial charge >= 0.3 is 6.18 Å². The Morgan fingerprint density at radius 3 is 2.52 bits per heavy atom. The highest BCUT2D eigenvalue weighted by Gasteiger charge is 2.31. The molecule has 2 aromatic heterocycles. The maximum Gasteiger partial charge on any atom is 0.416 e. The monoisotopic (exact) mass is 598 g/mol. The molecule has 2 aliphatic rings. The Bertz CT molecular complexity index is 1500. The molecule has 2 aromatic carbocycles. The molecule has 2 aliphatic heterocycles. The first-order valence-electron chi connectivity index (χ1n) is 14.2. The Hall–Kier alpha value is -3.32. The molecule has 0 saturated carbocycles. The summed E-state index contributed by atoms with van der Waals surface area (Å²) in [7, 11) is 0. The molecule has 1 atom stereocenters. The van der Waals surface area contributed by atoms with Crippen LogP contribution in [0.1, 0.15) is 29.7 Å². The second-order valence-electron chi connectivity index (χ2n) is 11.0. The summed E-state index contributed by atoms with van der Waals surface area (Å²) in [6.07, 6.45) is -1.67. The number of aromatic nitrogens is 3. The van der Waals surface area contributed by atoms with E-state index in [-0.39, 0.29) is 6.54 Å². The van der Waals surface area contributed by atoms with Crippen LogP contribution in [0.2, 0.25) is 0 Å². The van der Waals surface area contributed by atoms with E-state index in [1.54, 1.807) is 11.3 Å². The average molecular weight is 599 g/mol. The number of aliphatic hydroxyl groups is 1. The third-order valence-electron chi connectivity index (χ3n) is 8.09. The van der Waals surface area contributed by atoms with E-state index in [0.717, 1.165) is 66.3 Å². The van der Waals surface area contributed by atoms with E-state index in [0.29, 0.717) is 49.9 Å². The summed E-state index contributed by atoms with van der Waals surface area (Å²) in [5.41, 5.74) is 3.34. The van der Waals surface area contributed by atoms with Gasteiger partial charge in [0.15, 0.2) is 5.13 Å². The zero-order chi connectivity index (χ0) is 29.3. The van der Waals surface area contributed by atoms with E-state index >= 15 is 0 Å². The van der Waals surface area contributed by atoms with E-state index < -0.39 is 17.8 Å². The Morgan fingerprint density at radius 1 is 1.05 bits per heavy atom. The van der Waals surface area contributed by atoms with E-state index in [2.05, 4.69) is 21.3 Å². The number of aliphatic hydroxyl groups excluding tert-OH is 1. The standard InChI is InChI=1S/C30H33F3N6O2S/c31-30(32,33)21-7-5-20(6-8-21)28-24-19-38(15-16-40)14-11-26(24)39(36-28)18-23(41)17-37-12-9-22(10-13-37)34-29-35-25-3-1-2-4-27(25)42-29/h1-8,16,22-23,41H,9-15,17-19H2,(H,34,35). The highest BCUT2D eigenvalue weighted by molar-refractivity contribution is 7.22. The number of rotatable bonds is 9. The molecular weight excluding hydrogens is 565 g/mol. The summed E-state index contributed by atoms with van der Waals surface area (Å²) in [6, 6.07) is 13.5. The van der Waals surface area contributed by atoms with Crippen molar-refractivity contribution in [3.63, 3.8) is 0 Å². The lowest BCUT2D eigenvalue weighted by Crippen LogP contribution is -2.43. The highest BCUT2D eigenvalue weighted by atomic mass is 32.1. The summed E-state index contributed by atoms with van der Waals surface area (Å²) in [6.45, 7) is 3.95. The Kier molecular flexibility index (Phi) is 8.30. The van der Waals surface area contributed by atoms with E-state index in [1.807, 2.05) is 27.8 Å². The first kappa shape index (κ1) is 28.8. The molecule has 4 aromatic rings. The maximum atomic E-state index is 13.1. The van der Waals surface area contributed by atoms with Gasteiger partial charge in [0.05, 0.1) is 40.7 Å². The number of halogens is 3. The molecule has 1 unspecified atom stereocenters. The van der Waals surface area contributed by atoms with E-state index in [4.69, 9.17) is 5.10 Å². The molecule has 8 nitrogen and oxygen atoms in total. The van der Waals surface area contributed by atoms with Crippen molar-refractivity contribution >= 4 is 33.0 Å². The van der Waals surface area contributed by atoms with Crippen molar-refractivity contribution in [2.24, 2.45) is 0 Å². The van der Waals surface area contributed by atoms with Crippen molar-refractivity contribution in [2.45, 2.75) is 50.7 Å². The van der Waals surface area contributed by atoms with Crippen LogP contribution in [0, 0.1) is 0 Å². The molecule has 4 heterocycles. The van der Waals surface area contributed by atoms with Crippen LogP contribution in [0.4, 0.5) is 18.3 Å². The maximum absolute atomic E-state index is 13.1. The van der Waals surface area contributed by atoms with E-state index in [1.165, 1.54) is 16.8 Å². The fourth-order valence-electron chi connectivity index (χ4n) is 5.93. The summed E-state index contributed by atoms with van der Waals surface area (Å²) in [5, 5.41) is 20.4. The third-order valence-corrected chi connectivity index (χ3v) is 9.06. The van der Waals surface area contributed by atoms with Gasteiger partial charge in [0, 0.05) is 62.0 Å². The number of benzene rings is 2. The van der Waals surface area contributed by atoms with E-state index in [9.17, 15) is 23.1 Å². The number of anilines is 1. The summed E-state index contributed by atoms with van der Waals surface area (Å²) in [5.74, 6) is 0. The predicted octanol–water partition coefficient (Wildman–Crippen LogP) is 4.67. The number of para-hydroxylation sites is 1. The Labute approximate surface area is 245 Å². The number of nitrogens with zero attached hydrogens (tertiary/aromatic N) is 5. The number of thiazole rings is 1. The number of carbonyl (C=O) groups excluding carboxylic acids is 1. The van der Waals surface area contributed by atoms with Crippen LogP contribution in [0.15, 0.2) is 48.5 Å². The van der Waals surface area contributed by atoms with Crippen LogP contribution in [0.5, 0.6) is 0 Å². The predicted molar refractivity (Wildman–Crippen MR) is 156 cm³/mol. The SMILES string of the molecule is O=CCN1CCc2c(c(-c3ccc(C(F)(F)F)cc3)nn2CC(O)CN2CCC(Nc3nc4ccccc4s3)CC2)C1. The van der Waals surface area contributed by atoms with Crippen LogP contribution < -0.4 is 5.32 Å². The minimum Gasteiger partial charge on any atom is -0.390 e. The zero-order valence-corrected chi connectivity index (χ0v) is 23.9. The van der Waals surface area contributed by atoms with Crippen LogP contribution in [-0.2, 0) is 30.5 Å². The number of aldehydes is 1. The van der Waals surface area contributed by atoms with Crippen LogP contribution >= 0.6 is 11.3 Å². The van der Waals surface area contributed by atoms with Crippen molar-refractivity contribution in [3.05, 3.63) is 65.4 Å². The van der Waals surface area contributed by atoms with Gasteiger partial charge in [-0.2, -0.15) is 18.3 Å². The van der Waals surface area contributed by atoms with Crippen molar-refractivity contribution in [1.29, 1.82) is 0 Å². The van der Waals surface area contributed by atoms with Gasteiger partial charge in [-0.3, -0.25) is 9.58 Å². The summed E-state index contributed by atoms with van der Waals surface area (Å²) < 4.78 is 42.4. The van der Waals surface area contributed by atoms with Crippen molar-refractivity contribution in [3.8, 4) is 11.3 Å². The van der Waals surface area contributed by atoms with Crippen molar-refractivity contribution in [2.75, 3.05) is 38.0 Å².